The van der Waals surface area contributed by atoms with Gasteiger partial charge < -0.3 is 42.4 Å². The first-order valence-electron chi connectivity index (χ1n) is 12.6. The van der Waals surface area contributed by atoms with Crippen molar-refractivity contribution in [2.45, 2.75) is 37.7 Å². The van der Waals surface area contributed by atoms with Crippen LogP contribution in [-0.2, 0) is 38.2 Å². The van der Waals surface area contributed by atoms with Crippen LogP contribution in [0.2, 0.25) is 0 Å². The van der Waals surface area contributed by atoms with Crippen molar-refractivity contribution in [1.82, 2.24) is 10.2 Å². The van der Waals surface area contributed by atoms with Gasteiger partial charge in [-0.1, -0.05) is 18.2 Å². The average molecular weight is 564 g/mol. The van der Waals surface area contributed by atoms with Gasteiger partial charge in [0, 0.05) is 38.3 Å². The van der Waals surface area contributed by atoms with Gasteiger partial charge in [0.15, 0.2) is 0 Å². The molecule has 0 bridgehead atoms. The second kappa shape index (κ2) is 13.7. The fourth-order valence-corrected chi connectivity index (χ4v) is 4.16. The van der Waals surface area contributed by atoms with Gasteiger partial charge in [-0.15, -0.1) is 0 Å². The van der Waals surface area contributed by atoms with Crippen LogP contribution in [0.15, 0.2) is 42.5 Å². The van der Waals surface area contributed by atoms with E-state index in [9.17, 15) is 32.6 Å². The summed E-state index contributed by atoms with van der Waals surface area (Å²) in [5, 5.41) is 15.1. The molecule has 9 N–H and O–H groups in total. The Morgan fingerprint density at radius 1 is 1.05 bits per heavy atom. The fourth-order valence-electron chi connectivity index (χ4n) is 4.16. The molecule has 3 amide bonds. The van der Waals surface area contributed by atoms with E-state index < -0.39 is 48.7 Å². The lowest BCUT2D eigenvalue weighted by Gasteiger charge is -2.24. The predicted octanol–water partition coefficient (Wildman–Crippen LogP) is -0.947. The number of nitrogens with one attached hydrogen (secondary N) is 2. The first-order chi connectivity index (χ1) is 18.9. The molecule has 0 saturated heterocycles. The lowest BCUT2D eigenvalue weighted by Crippen LogP contribution is -2.52. The van der Waals surface area contributed by atoms with E-state index in [0.717, 1.165) is 17.7 Å². The van der Waals surface area contributed by atoms with Crippen molar-refractivity contribution in [3.05, 3.63) is 59.2 Å². The summed E-state index contributed by atoms with van der Waals surface area (Å²) in [6, 6.07) is 6.37. The Labute approximate surface area is 229 Å². The quantitative estimate of drug-likeness (QED) is 0.178. The molecule has 2 aromatic carbocycles. The van der Waals surface area contributed by atoms with Crippen LogP contribution in [0.4, 0.5) is 18.9 Å². The van der Waals surface area contributed by atoms with E-state index in [1.165, 1.54) is 23.1 Å². The first-order valence-corrected chi connectivity index (χ1v) is 12.6. The molecule has 0 aromatic heterocycles. The highest BCUT2D eigenvalue weighted by molar-refractivity contribution is 6.61. The molecule has 2 aromatic rings. The van der Waals surface area contributed by atoms with E-state index in [4.69, 9.17) is 21.9 Å². The maximum Gasteiger partial charge on any atom is 0.491 e. The minimum absolute atomic E-state index is 0.167. The summed E-state index contributed by atoms with van der Waals surface area (Å²) in [5.74, 6) is -1.94. The van der Waals surface area contributed by atoms with Crippen molar-refractivity contribution in [3.8, 4) is 0 Å². The number of nitrogens with two attached hydrogens (primary N) is 3. The number of hydrogen-bond acceptors (Lipinski definition) is 8. The summed E-state index contributed by atoms with van der Waals surface area (Å²) in [6.45, 7) is 1.04. The Bertz CT molecular complexity index is 1190. The Balaban J connectivity index is 1.76. The lowest BCUT2D eigenvalue weighted by molar-refractivity contribution is -0.137. The van der Waals surface area contributed by atoms with E-state index in [1.54, 1.807) is 12.1 Å². The molecule has 0 saturated carbocycles. The summed E-state index contributed by atoms with van der Waals surface area (Å²) >= 11 is 0. The van der Waals surface area contributed by atoms with Crippen molar-refractivity contribution in [3.63, 3.8) is 0 Å². The van der Waals surface area contributed by atoms with E-state index in [1.807, 2.05) is 0 Å². The molecule has 1 heterocycles. The van der Waals surface area contributed by atoms with Crippen LogP contribution in [0, 0.1) is 0 Å². The normalized spacial score (nSPS) is 14.3. The molecule has 2 unspecified atom stereocenters. The van der Waals surface area contributed by atoms with Crippen molar-refractivity contribution in [1.29, 1.82) is 0 Å². The average Bonchev–Trinajstić information content (AvgIpc) is 3.27. The molecule has 2 atom stereocenters. The second-order valence-electron chi connectivity index (χ2n) is 9.29. The van der Waals surface area contributed by atoms with Gasteiger partial charge in [-0.05, 0) is 40.9 Å². The highest BCUT2D eigenvalue weighted by Crippen LogP contribution is 2.29. The monoisotopic (exact) mass is 564 g/mol. The van der Waals surface area contributed by atoms with Crippen LogP contribution in [0.3, 0.4) is 0 Å². The van der Waals surface area contributed by atoms with Crippen molar-refractivity contribution < 1.29 is 37.2 Å². The molecule has 11 nitrogen and oxygen atoms in total. The SMILES string of the molecule is NCCN(CCN)C(=O)CC(N)C(=O)NC(Cc1ccc(C(F)(F)F)cc1)C(=O)Nc1ccc2c(c1)B(O)OC2. The fraction of sp³-hybridized carbons (Fsp3) is 0.400. The largest absolute Gasteiger partial charge is 0.491 e. The van der Waals surface area contributed by atoms with Crippen molar-refractivity contribution >= 4 is 36.0 Å². The summed E-state index contributed by atoms with van der Waals surface area (Å²) in [4.78, 5) is 40.1. The number of carbonyl (C=O) groups excluding carboxylic acids is 3. The molecule has 216 valence electrons. The third-order valence-corrected chi connectivity index (χ3v) is 6.31. The van der Waals surface area contributed by atoms with Gasteiger partial charge in [0.1, 0.15) is 6.04 Å². The van der Waals surface area contributed by atoms with Crippen molar-refractivity contribution in [2.24, 2.45) is 17.2 Å². The topological polar surface area (TPSA) is 186 Å². The van der Waals surface area contributed by atoms with Gasteiger partial charge in [-0.3, -0.25) is 14.4 Å². The number of anilines is 1. The Kier molecular flexibility index (Phi) is 10.6. The number of hydrogen-bond donors (Lipinski definition) is 6. The number of amides is 3. The van der Waals surface area contributed by atoms with Gasteiger partial charge in [0.25, 0.3) is 0 Å². The Morgan fingerprint density at radius 2 is 1.70 bits per heavy atom. The van der Waals surface area contributed by atoms with Gasteiger partial charge in [-0.25, -0.2) is 0 Å². The molecule has 15 heteroatoms. The van der Waals surface area contributed by atoms with E-state index in [0.29, 0.717) is 16.7 Å². The summed E-state index contributed by atoms with van der Waals surface area (Å²) in [5.41, 5.74) is 18.0. The van der Waals surface area contributed by atoms with Crippen LogP contribution in [0.1, 0.15) is 23.1 Å². The third kappa shape index (κ3) is 8.25. The van der Waals surface area contributed by atoms with E-state index in [-0.39, 0.29) is 45.6 Å². The van der Waals surface area contributed by atoms with Crippen molar-refractivity contribution in [2.75, 3.05) is 31.5 Å². The molecule has 0 radical (unpaired) electrons. The maximum absolute atomic E-state index is 13.2. The molecule has 0 spiro atoms. The zero-order valence-corrected chi connectivity index (χ0v) is 21.6. The van der Waals surface area contributed by atoms with Crippen LogP contribution in [0.5, 0.6) is 0 Å². The van der Waals surface area contributed by atoms with Crippen LogP contribution in [-0.4, -0.2) is 73.0 Å². The summed E-state index contributed by atoms with van der Waals surface area (Å²) in [7, 11) is -1.15. The molecule has 0 fully saturated rings. The van der Waals surface area contributed by atoms with E-state index >= 15 is 0 Å². The number of alkyl halides is 3. The highest BCUT2D eigenvalue weighted by Gasteiger charge is 2.31. The number of halogens is 3. The number of nitrogens with zero attached hydrogens (tertiary/aromatic N) is 1. The molecule has 1 aliphatic rings. The summed E-state index contributed by atoms with van der Waals surface area (Å²) < 4.78 is 44.1. The molecule has 1 aliphatic heterocycles. The van der Waals surface area contributed by atoms with Gasteiger partial charge >= 0.3 is 13.3 Å². The molecule has 3 rings (SSSR count). The molecule has 0 aliphatic carbocycles. The number of benzene rings is 2. The van der Waals surface area contributed by atoms with Crippen LogP contribution >= 0.6 is 0 Å². The highest BCUT2D eigenvalue weighted by atomic mass is 19.4. The van der Waals surface area contributed by atoms with Crippen LogP contribution in [0.25, 0.3) is 0 Å². The number of fused-ring (bicyclic) bond motifs is 1. The first kappa shape index (κ1) is 31.0. The minimum atomic E-state index is -4.54. The second-order valence-corrected chi connectivity index (χ2v) is 9.29. The number of carbonyl (C=O) groups is 3. The molecule has 40 heavy (non-hydrogen) atoms. The predicted molar refractivity (Wildman–Crippen MR) is 142 cm³/mol. The maximum atomic E-state index is 13.2. The minimum Gasteiger partial charge on any atom is -0.423 e. The summed E-state index contributed by atoms with van der Waals surface area (Å²) in [6.07, 6.45) is -5.07. The smallest absolute Gasteiger partial charge is 0.423 e. The van der Waals surface area contributed by atoms with Gasteiger partial charge in [0.2, 0.25) is 17.7 Å². The van der Waals surface area contributed by atoms with E-state index in [2.05, 4.69) is 10.6 Å². The van der Waals surface area contributed by atoms with Gasteiger partial charge in [-0.2, -0.15) is 13.2 Å². The third-order valence-electron chi connectivity index (χ3n) is 6.31. The zero-order valence-electron chi connectivity index (χ0n) is 21.6. The Morgan fingerprint density at radius 3 is 2.30 bits per heavy atom. The molecular weight excluding hydrogens is 532 g/mol. The number of rotatable bonds is 12. The standard InChI is InChI=1S/C25H32BF3N6O5/c27-25(28,29)17-4-1-15(2-5-17)11-21(24(38)33-18-6-3-16-14-40-26(39)19(16)12-18)34-23(37)20(32)13-22(36)35(9-7-30)10-8-31/h1-6,12,20-21,39H,7-11,13-14,30-32H2,(H,33,38)(H,34,37). The van der Waals surface area contributed by atoms with Gasteiger partial charge in [0.05, 0.1) is 24.6 Å². The lowest BCUT2D eigenvalue weighted by atomic mass is 9.79. The Hall–Kier alpha value is -3.50. The van der Waals surface area contributed by atoms with Crippen LogP contribution < -0.4 is 33.3 Å². The zero-order chi connectivity index (χ0) is 29.4. The molecular formula is C25H32BF3N6O5.